The first-order valence-corrected chi connectivity index (χ1v) is 6.33. The number of hydrogen-bond donors (Lipinski definition) is 0. The van der Waals surface area contributed by atoms with Crippen molar-refractivity contribution in [2.75, 3.05) is 20.8 Å². The molecule has 0 aliphatic carbocycles. The summed E-state index contributed by atoms with van der Waals surface area (Å²) in [5, 5.41) is 0. The minimum atomic E-state index is -0.146. The number of hydrogen-bond acceptors (Lipinski definition) is 3. The van der Waals surface area contributed by atoms with Gasteiger partial charge in [-0.1, -0.05) is 30.3 Å². The molecule has 1 fully saturated rings. The van der Waals surface area contributed by atoms with E-state index in [2.05, 4.69) is 0 Å². The molecule has 4 heteroatoms. The van der Waals surface area contributed by atoms with Gasteiger partial charge in [-0.05, 0) is 18.6 Å². The van der Waals surface area contributed by atoms with Crippen LogP contribution in [0.5, 0.6) is 0 Å². The van der Waals surface area contributed by atoms with Gasteiger partial charge in [0.2, 0.25) is 0 Å². The van der Waals surface area contributed by atoms with Crippen LogP contribution in [-0.2, 0) is 14.3 Å². The van der Waals surface area contributed by atoms with Gasteiger partial charge in [-0.15, -0.1) is 0 Å². The Morgan fingerprint density at radius 2 is 2.05 bits per heavy atom. The standard InChI is InChI=1S/C15H19NO3/c1-11-14(12-7-5-4-6-8-12)19-13(9-10-18-3)15(17)16(11)2/h4-9,11,14H,10H2,1-3H3/b13-9+/t11-,14-/m0/s1. The number of rotatable bonds is 3. The van der Waals surface area contributed by atoms with Gasteiger partial charge in [0.05, 0.1) is 12.6 Å². The number of morpholine rings is 1. The van der Waals surface area contributed by atoms with E-state index < -0.39 is 0 Å². The summed E-state index contributed by atoms with van der Waals surface area (Å²) in [6, 6.07) is 9.93. The summed E-state index contributed by atoms with van der Waals surface area (Å²) < 4.78 is 10.8. The van der Waals surface area contributed by atoms with Crippen LogP contribution in [0.3, 0.4) is 0 Å². The average molecular weight is 261 g/mol. The van der Waals surface area contributed by atoms with Crippen LogP contribution in [0.4, 0.5) is 0 Å². The van der Waals surface area contributed by atoms with Gasteiger partial charge in [-0.25, -0.2) is 0 Å². The van der Waals surface area contributed by atoms with Crippen LogP contribution in [0.25, 0.3) is 0 Å². The van der Waals surface area contributed by atoms with E-state index in [1.165, 1.54) is 0 Å². The van der Waals surface area contributed by atoms with Crippen LogP contribution in [0.1, 0.15) is 18.6 Å². The highest BCUT2D eigenvalue weighted by molar-refractivity contribution is 5.92. The molecule has 1 aliphatic rings. The lowest BCUT2D eigenvalue weighted by molar-refractivity contribution is -0.143. The number of likely N-dealkylation sites (N-methyl/N-ethyl adjacent to an activating group) is 1. The van der Waals surface area contributed by atoms with E-state index in [1.807, 2.05) is 37.3 Å². The molecule has 102 valence electrons. The summed E-state index contributed by atoms with van der Waals surface area (Å²) in [6.45, 7) is 2.35. The summed E-state index contributed by atoms with van der Waals surface area (Å²) in [6.07, 6.45) is 1.53. The van der Waals surface area contributed by atoms with Gasteiger partial charge < -0.3 is 14.4 Å². The number of benzene rings is 1. The predicted molar refractivity (Wildman–Crippen MR) is 72.5 cm³/mol. The van der Waals surface area contributed by atoms with E-state index in [4.69, 9.17) is 9.47 Å². The fourth-order valence-electron chi connectivity index (χ4n) is 2.13. The molecule has 1 saturated heterocycles. The van der Waals surface area contributed by atoms with Crippen molar-refractivity contribution in [3.05, 3.63) is 47.7 Å². The monoisotopic (exact) mass is 261 g/mol. The molecule has 1 aromatic carbocycles. The molecule has 4 nitrogen and oxygen atoms in total. The number of amides is 1. The number of carbonyl (C=O) groups excluding carboxylic acids is 1. The van der Waals surface area contributed by atoms with Crippen LogP contribution < -0.4 is 0 Å². The van der Waals surface area contributed by atoms with Crippen LogP contribution in [-0.4, -0.2) is 37.6 Å². The molecule has 0 radical (unpaired) electrons. The second-order valence-electron chi connectivity index (χ2n) is 4.63. The molecular weight excluding hydrogens is 242 g/mol. The first-order chi connectivity index (χ1) is 9.15. The Labute approximate surface area is 113 Å². The van der Waals surface area contributed by atoms with Crippen molar-refractivity contribution in [3.63, 3.8) is 0 Å². The molecular formula is C15H19NO3. The van der Waals surface area contributed by atoms with Crippen molar-refractivity contribution in [1.82, 2.24) is 4.90 Å². The van der Waals surface area contributed by atoms with Crippen molar-refractivity contribution in [2.45, 2.75) is 19.1 Å². The molecule has 0 aromatic heterocycles. The summed E-state index contributed by atoms with van der Waals surface area (Å²) in [5.41, 5.74) is 1.07. The van der Waals surface area contributed by atoms with Crippen molar-refractivity contribution in [2.24, 2.45) is 0 Å². The highest BCUT2D eigenvalue weighted by Gasteiger charge is 2.36. The van der Waals surface area contributed by atoms with E-state index in [-0.39, 0.29) is 18.1 Å². The van der Waals surface area contributed by atoms with Crippen molar-refractivity contribution in [3.8, 4) is 0 Å². The molecule has 0 saturated carbocycles. The number of nitrogens with zero attached hydrogens (tertiary/aromatic N) is 1. The highest BCUT2D eigenvalue weighted by atomic mass is 16.5. The summed E-state index contributed by atoms with van der Waals surface area (Å²) in [7, 11) is 3.39. The maximum Gasteiger partial charge on any atom is 0.288 e. The molecule has 1 aromatic rings. The Morgan fingerprint density at radius 1 is 1.37 bits per heavy atom. The normalized spacial score (nSPS) is 25.5. The third-order valence-electron chi connectivity index (χ3n) is 3.40. The molecule has 1 heterocycles. The molecule has 2 rings (SSSR count). The quantitative estimate of drug-likeness (QED) is 0.782. The Kier molecular flexibility index (Phi) is 4.22. The molecule has 1 aliphatic heterocycles. The lowest BCUT2D eigenvalue weighted by Gasteiger charge is -2.38. The van der Waals surface area contributed by atoms with Crippen molar-refractivity contribution >= 4 is 5.91 Å². The van der Waals surface area contributed by atoms with Crippen molar-refractivity contribution in [1.29, 1.82) is 0 Å². The Balaban J connectivity index is 2.27. The van der Waals surface area contributed by atoms with Gasteiger partial charge >= 0.3 is 0 Å². The first kappa shape index (κ1) is 13.6. The molecule has 19 heavy (non-hydrogen) atoms. The van der Waals surface area contributed by atoms with Crippen LogP contribution >= 0.6 is 0 Å². The van der Waals surface area contributed by atoms with Crippen LogP contribution in [0.15, 0.2) is 42.2 Å². The summed E-state index contributed by atoms with van der Waals surface area (Å²) in [4.78, 5) is 13.8. The lowest BCUT2D eigenvalue weighted by Crippen LogP contribution is -2.45. The van der Waals surface area contributed by atoms with Gasteiger partial charge in [-0.3, -0.25) is 4.79 Å². The molecule has 0 unspecified atom stereocenters. The van der Waals surface area contributed by atoms with Crippen LogP contribution in [0.2, 0.25) is 0 Å². The molecule has 1 amide bonds. The topological polar surface area (TPSA) is 38.8 Å². The first-order valence-electron chi connectivity index (χ1n) is 6.33. The smallest absolute Gasteiger partial charge is 0.288 e. The minimum absolute atomic E-state index is 0.00500. The molecule has 0 N–H and O–H groups in total. The highest BCUT2D eigenvalue weighted by Crippen LogP contribution is 2.32. The second-order valence-corrected chi connectivity index (χ2v) is 4.63. The lowest BCUT2D eigenvalue weighted by atomic mass is 10.0. The average Bonchev–Trinajstić information content (AvgIpc) is 2.45. The van der Waals surface area contributed by atoms with Gasteiger partial charge in [0.25, 0.3) is 5.91 Å². The molecule has 0 bridgehead atoms. The zero-order valence-corrected chi connectivity index (χ0v) is 11.5. The van der Waals surface area contributed by atoms with Crippen molar-refractivity contribution < 1.29 is 14.3 Å². The number of ether oxygens (including phenoxy) is 2. The Hall–Kier alpha value is -1.81. The molecule has 0 spiro atoms. The van der Waals surface area contributed by atoms with Crippen LogP contribution in [0, 0.1) is 0 Å². The third-order valence-corrected chi connectivity index (χ3v) is 3.40. The second kappa shape index (κ2) is 5.89. The fourth-order valence-corrected chi connectivity index (χ4v) is 2.13. The van der Waals surface area contributed by atoms with E-state index >= 15 is 0 Å². The number of methoxy groups -OCH3 is 1. The minimum Gasteiger partial charge on any atom is -0.478 e. The van der Waals surface area contributed by atoms with Gasteiger partial charge in [-0.2, -0.15) is 0 Å². The summed E-state index contributed by atoms with van der Waals surface area (Å²) >= 11 is 0. The largest absolute Gasteiger partial charge is 0.478 e. The predicted octanol–water partition coefficient (Wildman–Crippen LogP) is 2.14. The van der Waals surface area contributed by atoms with Gasteiger partial charge in [0.15, 0.2) is 5.76 Å². The van der Waals surface area contributed by atoms with E-state index in [9.17, 15) is 4.79 Å². The van der Waals surface area contributed by atoms with Gasteiger partial charge in [0.1, 0.15) is 6.10 Å². The number of carbonyl (C=O) groups is 1. The third kappa shape index (κ3) is 2.79. The zero-order valence-electron chi connectivity index (χ0n) is 11.5. The van der Waals surface area contributed by atoms with E-state index in [1.54, 1.807) is 25.1 Å². The fraction of sp³-hybridized carbons (Fsp3) is 0.400. The van der Waals surface area contributed by atoms with Gasteiger partial charge in [0, 0.05) is 14.2 Å². The van der Waals surface area contributed by atoms with E-state index in [0.717, 1.165) is 5.56 Å². The Bertz CT molecular complexity index is 470. The Morgan fingerprint density at radius 3 is 2.68 bits per heavy atom. The van der Waals surface area contributed by atoms with E-state index in [0.29, 0.717) is 12.4 Å². The zero-order chi connectivity index (χ0) is 13.8. The maximum absolute atomic E-state index is 12.1. The summed E-state index contributed by atoms with van der Waals surface area (Å²) in [5.74, 6) is 0.257. The molecule has 2 atom stereocenters. The SMILES string of the molecule is COC/C=C1/O[C@H](c2ccccc2)[C@H](C)N(C)C1=O. The maximum atomic E-state index is 12.1.